The number of nitrogens with one attached hydrogen (secondary N) is 1. The summed E-state index contributed by atoms with van der Waals surface area (Å²) in [4.78, 5) is 22.5. The third-order valence-electron chi connectivity index (χ3n) is 2.38. The third-order valence-corrected chi connectivity index (χ3v) is 2.66. The van der Waals surface area contributed by atoms with Crippen LogP contribution in [0.4, 0.5) is 0 Å². The van der Waals surface area contributed by atoms with E-state index in [4.69, 9.17) is 23.7 Å². The van der Waals surface area contributed by atoms with Crippen LogP contribution < -0.4 is 16.8 Å². The standard InChI is InChI=1S/C12H15N3O2S/c13-10(16)7-15-12(17)9(11(14)18)6-8-4-2-1-3-5-8/h1-5,9H,6-7H2,(H2,13,16)(H2,14,18)(H,15,17). The number of hydrogen-bond donors (Lipinski definition) is 3. The molecule has 1 unspecified atom stereocenters. The zero-order chi connectivity index (χ0) is 13.5. The molecule has 0 bridgehead atoms. The second-order valence-corrected chi connectivity index (χ2v) is 4.30. The summed E-state index contributed by atoms with van der Waals surface area (Å²) in [6, 6.07) is 9.38. The highest BCUT2D eigenvalue weighted by atomic mass is 32.1. The van der Waals surface area contributed by atoms with Crippen molar-refractivity contribution in [3.63, 3.8) is 0 Å². The van der Waals surface area contributed by atoms with Crippen LogP contribution in [0.25, 0.3) is 0 Å². The van der Waals surface area contributed by atoms with Crippen molar-refractivity contribution in [3.8, 4) is 0 Å². The third kappa shape index (κ3) is 4.50. The molecule has 0 saturated heterocycles. The quantitative estimate of drug-likeness (QED) is 0.617. The molecule has 0 heterocycles. The zero-order valence-corrected chi connectivity index (χ0v) is 10.6. The summed E-state index contributed by atoms with van der Waals surface area (Å²) >= 11 is 4.87. The molecular weight excluding hydrogens is 250 g/mol. The number of rotatable bonds is 6. The highest BCUT2D eigenvalue weighted by molar-refractivity contribution is 7.80. The van der Waals surface area contributed by atoms with Crippen molar-refractivity contribution in [1.82, 2.24) is 5.32 Å². The summed E-state index contributed by atoms with van der Waals surface area (Å²) in [5.74, 6) is -1.63. The van der Waals surface area contributed by atoms with Gasteiger partial charge in [0.05, 0.1) is 17.5 Å². The molecule has 0 aliphatic rings. The maximum absolute atomic E-state index is 11.8. The lowest BCUT2D eigenvalue weighted by Crippen LogP contribution is -2.42. The van der Waals surface area contributed by atoms with E-state index < -0.39 is 11.8 Å². The number of primary amides is 1. The highest BCUT2D eigenvalue weighted by Gasteiger charge is 2.21. The van der Waals surface area contributed by atoms with Gasteiger partial charge in [0, 0.05) is 0 Å². The summed E-state index contributed by atoms with van der Waals surface area (Å²) < 4.78 is 0. The Hall–Kier alpha value is -1.95. The van der Waals surface area contributed by atoms with Crippen LogP contribution in [0.2, 0.25) is 0 Å². The molecule has 5 N–H and O–H groups in total. The van der Waals surface area contributed by atoms with Gasteiger partial charge in [0.2, 0.25) is 11.8 Å². The molecule has 0 radical (unpaired) electrons. The van der Waals surface area contributed by atoms with Gasteiger partial charge in [-0.2, -0.15) is 0 Å². The molecule has 0 aliphatic heterocycles. The predicted octanol–water partition coefficient (Wildman–Crippen LogP) is -0.267. The Morgan fingerprint density at radius 1 is 1.22 bits per heavy atom. The number of nitrogens with two attached hydrogens (primary N) is 2. The van der Waals surface area contributed by atoms with E-state index in [1.807, 2.05) is 30.3 Å². The number of carbonyl (C=O) groups is 2. The molecule has 0 spiro atoms. The minimum atomic E-state index is -0.637. The van der Waals surface area contributed by atoms with Gasteiger partial charge in [0.1, 0.15) is 0 Å². The molecule has 1 atom stereocenters. The van der Waals surface area contributed by atoms with Gasteiger partial charge in [-0.3, -0.25) is 9.59 Å². The van der Waals surface area contributed by atoms with Gasteiger partial charge in [0.25, 0.3) is 0 Å². The first-order chi connectivity index (χ1) is 8.50. The van der Waals surface area contributed by atoms with E-state index in [-0.39, 0.29) is 17.4 Å². The molecule has 5 nitrogen and oxygen atoms in total. The van der Waals surface area contributed by atoms with Gasteiger partial charge < -0.3 is 16.8 Å². The van der Waals surface area contributed by atoms with Crippen LogP contribution in [0.5, 0.6) is 0 Å². The first-order valence-corrected chi connectivity index (χ1v) is 5.80. The van der Waals surface area contributed by atoms with Gasteiger partial charge in [-0.25, -0.2) is 0 Å². The summed E-state index contributed by atoms with van der Waals surface area (Å²) in [5.41, 5.74) is 11.4. The monoisotopic (exact) mass is 265 g/mol. The van der Waals surface area contributed by atoms with Crippen molar-refractivity contribution < 1.29 is 9.59 Å². The molecular formula is C12H15N3O2S. The lowest BCUT2D eigenvalue weighted by Gasteiger charge is -2.14. The normalized spacial score (nSPS) is 11.6. The van der Waals surface area contributed by atoms with Gasteiger partial charge in [0.15, 0.2) is 0 Å². The summed E-state index contributed by atoms with van der Waals surface area (Å²) in [7, 11) is 0. The number of thiocarbonyl (C=S) groups is 1. The largest absolute Gasteiger partial charge is 0.393 e. The summed E-state index contributed by atoms with van der Waals surface area (Å²) in [6.07, 6.45) is 0.404. The highest BCUT2D eigenvalue weighted by Crippen LogP contribution is 2.09. The smallest absolute Gasteiger partial charge is 0.236 e. The predicted molar refractivity (Wildman–Crippen MR) is 72.6 cm³/mol. The number of amides is 2. The maximum atomic E-state index is 11.8. The van der Waals surface area contributed by atoms with Crippen LogP contribution in [0, 0.1) is 5.92 Å². The average Bonchev–Trinajstić information content (AvgIpc) is 2.34. The van der Waals surface area contributed by atoms with Crippen molar-refractivity contribution in [2.45, 2.75) is 6.42 Å². The van der Waals surface area contributed by atoms with Crippen LogP contribution in [-0.4, -0.2) is 23.3 Å². The van der Waals surface area contributed by atoms with E-state index in [1.165, 1.54) is 0 Å². The first kappa shape index (κ1) is 14.1. The van der Waals surface area contributed by atoms with E-state index >= 15 is 0 Å². The lowest BCUT2D eigenvalue weighted by molar-refractivity contribution is -0.126. The lowest BCUT2D eigenvalue weighted by atomic mass is 9.98. The molecule has 18 heavy (non-hydrogen) atoms. The van der Waals surface area contributed by atoms with E-state index in [1.54, 1.807) is 0 Å². The minimum absolute atomic E-state index is 0.0980. The van der Waals surface area contributed by atoms with E-state index in [0.717, 1.165) is 5.56 Å². The van der Waals surface area contributed by atoms with Gasteiger partial charge in [-0.15, -0.1) is 0 Å². The second-order valence-electron chi connectivity index (χ2n) is 3.83. The molecule has 1 aromatic rings. The second kappa shape index (κ2) is 6.70. The van der Waals surface area contributed by atoms with E-state index in [2.05, 4.69) is 5.32 Å². The molecule has 0 aromatic heterocycles. The number of carbonyl (C=O) groups excluding carboxylic acids is 2. The Morgan fingerprint density at radius 3 is 2.33 bits per heavy atom. The molecule has 2 amide bonds. The number of hydrogen-bond acceptors (Lipinski definition) is 3. The Kier molecular flexibility index (Phi) is 5.26. The molecule has 0 saturated carbocycles. The fraction of sp³-hybridized carbons (Fsp3) is 0.250. The Morgan fingerprint density at radius 2 is 1.83 bits per heavy atom. The van der Waals surface area contributed by atoms with Crippen molar-refractivity contribution in [2.24, 2.45) is 17.4 Å². The molecule has 96 valence electrons. The fourth-order valence-electron chi connectivity index (χ4n) is 1.47. The van der Waals surface area contributed by atoms with Gasteiger partial charge in [-0.1, -0.05) is 42.5 Å². The molecule has 1 rings (SSSR count). The van der Waals surface area contributed by atoms with E-state index in [9.17, 15) is 9.59 Å². The zero-order valence-electron chi connectivity index (χ0n) is 9.76. The van der Waals surface area contributed by atoms with Crippen LogP contribution in [0.3, 0.4) is 0 Å². The van der Waals surface area contributed by atoms with Crippen molar-refractivity contribution in [3.05, 3.63) is 35.9 Å². The summed E-state index contributed by atoms with van der Waals surface area (Å²) in [6.45, 7) is -0.216. The Balaban J connectivity index is 2.68. The SMILES string of the molecule is NC(=O)CNC(=O)C(Cc1ccccc1)C(N)=S. The van der Waals surface area contributed by atoms with Crippen LogP contribution in [-0.2, 0) is 16.0 Å². The van der Waals surface area contributed by atoms with E-state index in [0.29, 0.717) is 6.42 Å². The molecule has 0 aliphatic carbocycles. The van der Waals surface area contributed by atoms with Gasteiger partial charge >= 0.3 is 0 Å². The Bertz CT molecular complexity index is 448. The van der Waals surface area contributed by atoms with Crippen LogP contribution in [0.15, 0.2) is 30.3 Å². The maximum Gasteiger partial charge on any atom is 0.236 e. The Labute approximate surface area is 111 Å². The molecule has 0 fully saturated rings. The van der Waals surface area contributed by atoms with Crippen molar-refractivity contribution in [2.75, 3.05) is 6.54 Å². The average molecular weight is 265 g/mol. The van der Waals surface area contributed by atoms with Gasteiger partial charge in [-0.05, 0) is 12.0 Å². The number of benzene rings is 1. The minimum Gasteiger partial charge on any atom is -0.393 e. The van der Waals surface area contributed by atoms with Crippen LogP contribution >= 0.6 is 12.2 Å². The topological polar surface area (TPSA) is 98.2 Å². The van der Waals surface area contributed by atoms with Crippen LogP contribution in [0.1, 0.15) is 5.56 Å². The molecule has 6 heteroatoms. The first-order valence-electron chi connectivity index (χ1n) is 5.40. The molecule has 1 aromatic carbocycles. The van der Waals surface area contributed by atoms with Crippen molar-refractivity contribution in [1.29, 1.82) is 0 Å². The van der Waals surface area contributed by atoms with Crippen molar-refractivity contribution >= 4 is 29.0 Å². The summed E-state index contributed by atoms with van der Waals surface area (Å²) in [5, 5.41) is 2.40. The fourth-order valence-corrected chi connectivity index (χ4v) is 1.66.